The summed E-state index contributed by atoms with van der Waals surface area (Å²) in [5.41, 5.74) is -2.82. The van der Waals surface area contributed by atoms with Crippen LogP contribution in [0.3, 0.4) is 0 Å². The number of hydrogen-bond donors (Lipinski definition) is 0. The Labute approximate surface area is 99.1 Å². The highest BCUT2D eigenvalue weighted by Crippen LogP contribution is 2.25. The summed E-state index contributed by atoms with van der Waals surface area (Å²) in [5, 5.41) is 0. The van der Waals surface area contributed by atoms with Gasteiger partial charge in [0.15, 0.2) is 0 Å². The van der Waals surface area contributed by atoms with E-state index in [1.807, 2.05) is 0 Å². The number of rotatable bonds is 10. The molecule has 1 atom stereocenters. The predicted molar refractivity (Wildman–Crippen MR) is 56.6 cm³/mol. The fourth-order valence-electron chi connectivity index (χ4n) is 1.03. The summed E-state index contributed by atoms with van der Waals surface area (Å²) in [5.74, 6) is 0. The lowest BCUT2D eigenvalue weighted by molar-refractivity contribution is -0.260. The molecule has 0 radical (unpaired) electrons. The van der Waals surface area contributed by atoms with Crippen LogP contribution in [0.25, 0.3) is 0 Å². The summed E-state index contributed by atoms with van der Waals surface area (Å²) in [6.07, 6.45) is 0.275. The van der Waals surface area contributed by atoms with Crippen molar-refractivity contribution < 1.29 is 22.6 Å². The molecule has 0 saturated heterocycles. The van der Waals surface area contributed by atoms with E-state index >= 15 is 0 Å². The molecule has 0 aromatic heterocycles. The summed E-state index contributed by atoms with van der Waals surface area (Å²) in [6.45, 7) is 2.25. The van der Waals surface area contributed by atoms with E-state index in [9.17, 15) is 13.2 Å². The van der Waals surface area contributed by atoms with Crippen LogP contribution in [0.4, 0.5) is 13.2 Å². The van der Waals surface area contributed by atoms with Gasteiger partial charge in [-0.15, -0.1) is 0 Å². The highest BCUT2D eigenvalue weighted by Gasteiger charge is 2.40. The first-order valence-corrected chi connectivity index (χ1v) is 5.82. The monoisotopic (exact) mass is 262 g/mol. The minimum atomic E-state index is -3.94. The van der Waals surface area contributed by atoms with Gasteiger partial charge in [-0.1, -0.05) is 37.8 Å². The Kier molecular flexibility index (Phi) is 9.07. The van der Waals surface area contributed by atoms with Crippen LogP contribution in [0, 0.1) is 0 Å². The van der Waals surface area contributed by atoms with E-state index in [0.29, 0.717) is 6.61 Å². The van der Waals surface area contributed by atoms with Gasteiger partial charge in [0.2, 0.25) is 0 Å². The zero-order chi connectivity index (χ0) is 12.4. The molecule has 0 aromatic carbocycles. The Hall–Kier alpha value is -0.0000000000000000555. The van der Waals surface area contributed by atoms with E-state index < -0.39 is 11.7 Å². The predicted octanol–water partition coefficient (Wildman–Crippen LogP) is 3.73. The molecule has 1 unspecified atom stereocenters. The molecule has 0 aliphatic heterocycles. The maximum absolute atomic E-state index is 12.4. The number of halogens is 4. The third-order valence-corrected chi connectivity index (χ3v) is 2.17. The van der Waals surface area contributed by atoms with Crippen molar-refractivity contribution in [2.24, 2.45) is 0 Å². The van der Waals surface area contributed by atoms with Gasteiger partial charge >= 0.3 is 6.11 Å². The zero-order valence-electron chi connectivity index (χ0n) is 9.36. The van der Waals surface area contributed by atoms with Crippen LogP contribution in [0.15, 0.2) is 0 Å². The number of alkyl halides is 4. The van der Waals surface area contributed by atoms with E-state index in [1.54, 1.807) is 0 Å². The van der Waals surface area contributed by atoms with Crippen LogP contribution in [0.5, 0.6) is 0 Å². The molecule has 0 N–H and O–H groups in total. The van der Waals surface area contributed by atoms with Crippen molar-refractivity contribution >= 4 is 11.6 Å². The molecule has 0 spiro atoms. The van der Waals surface area contributed by atoms with Gasteiger partial charge in [-0.2, -0.15) is 8.78 Å². The molecule has 0 amide bonds. The molecule has 0 bridgehead atoms. The van der Waals surface area contributed by atoms with Crippen LogP contribution in [0.1, 0.15) is 32.6 Å². The van der Waals surface area contributed by atoms with Gasteiger partial charge < -0.3 is 9.47 Å². The second-order valence-corrected chi connectivity index (χ2v) is 3.77. The first-order valence-electron chi connectivity index (χ1n) is 5.38. The van der Waals surface area contributed by atoms with Crippen molar-refractivity contribution in [1.29, 1.82) is 0 Å². The Morgan fingerprint density at radius 3 is 2.38 bits per heavy atom. The Bertz CT molecular complexity index is 168. The van der Waals surface area contributed by atoms with Gasteiger partial charge in [0.25, 0.3) is 5.63 Å². The van der Waals surface area contributed by atoms with Crippen molar-refractivity contribution in [3.8, 4) is 0 Å². The lowest BCUT2D eigenvalue weighted by Crippen LogP contribution is -2.30. The molecule has 0 fully saturated rings. The Balaban J connectivity index is 3.27. The smallest absolute Gasteiger partial charge is 0.379 e. The van der Waals surface area contributed by atoms with Crippen LogP contribution >= 0.6 is 11.6 Å². The van der Waals surface area contributed by atoms with E-state index in [2.05, 4.69) is 23.3 Å². The number of unbranched alkanes of at least 4 members (excludes halogenated alkanes) is 3. The van der Waals surface area contributed by atoms with Crippen molar-refractivity contribution in [2.45, 2.75) is 44.3 Å². The molecule has 0 heterocycles. The molecule has 0 rings (SSSR count). The van der Waals surface area contributed by atoms with Gasteiger partial charge in [0.1, 0.15) is 0 Å². The molecule has 0 aliphatic rings. The van der Waals surface area contributed by atoms with Crippen LogP contribution < -0.4 is 0 Å². The lowest BCUT2D eigenvalue weighted by atomic mass is 10.2. The number of ether oxygens (including phenoxy) is 2. The van der Waals surface area contributed by atoms with Gasteiger partial charge in [0, 0.05) is 6.61 Å². The van der Waals surface area contributed by atoms with Crippen molar-refractivity contribution in [3.63, 3.8) is 0 Å². The summed E-state index contributed by atoms with van der Waals surface area (Å²) in [4.78, 5) is 0. The van der Waals surface area contributed by atoms with E-state index in [1.165, 1.54) is 0 Å². The zero-order valence-corrected chi connectivity index (χ0v) is 10.1. The van der Waals surface area contributed by atoms with Crippen LogP contribution in [-0.2, 0) is 9.47 Å². The topological polar surface area (TPSA) is 18.5 Å². The van der Waals surface area contributed by atoms with E-state index in [0.717, 1.165) is 25.7 Å². The second-order valence-electron chi connectivity index (χ2n) is 3.38. The van der Waals surface area contributed by atoms with E-state index in [4.69, 9.17) is 4.74 Å². The molecule has 0 saturated carbocycles. The molecule has 0 aliphatic carbocycles. The highest BCUT2D eigenvalue weighted by atomic mass is 35.5. The molecular weight excluding hydrogens is 245 g/mol. The average molecular weight is 263 g/mol. The SMILES string of the molecule is CCCCCCOCCOC(F)(F)C(F)Cl. The molecule has 16 heavy (non-hydrogen) atoms. The van der Waals surface area contributed by atoms with Crippen molar-refractivity contribution in [2.75, 3.05) is 19.8 Å². The molecular formula is C10H18ClF3O2. The normalized spacial score (nSPS) is 14.1. The largest absolute Gasteiger partial charge is 0.401 e. The summed E-state index contributed by atoms with van der Waals surface area (Å²) in [7, 11) is 0. The van der Waals surface area contributed by atoms with Crippen LogP contribution in [-0.4, -0.2) is 31.6 Å². The summed E-state index contributed by atoms with van der Waals surface area (Å²) < 4.78 is 45.9. The Morgan fingerprint density at radius 2 is 1.81 bits per heavy atom. The summed E-state index contributed by atoms with van der Waals surface area (Å²) >= 11 is 4.58. The van der Waals surface area contributed by atoms with Gasteiger partial charge in [-0.05, 0) is 6.42 Å². The van der Waals surface area contributed by atoms with Crippen molar-refractivity contribution in [1.82, 2.24) is 0 Å². The fourth-order valence-corrected chi connectivity index (χ4v) is 1.10. The Morgan fingerprint density at radius 1 is 1.12 bits per heavy atom. The first-order chi connectivity index (χ1) is 7.50. The molecule has 2 nitrogen and oxygen atoms in total. The third kappa shape index (κ3) is 8.19. The van der Waals surface area contributed by atoms with Crippen LogP contribution in [0.2, 0.25) is 0 Å². The van der Waals surface area contributed by atoms with Gasteiger partial charge in [0.05, 0.1) is 13.2 Å². The lowest BCUT2D eigenvalue weighted by Gasteiger charge is -2.16. The summed E-state index contributed by atoms with van der Waals surface area (Å²) in [6, 6.07) is 0. The standard InChI is InChI=1S/C10H18ClF3O2/c1-2-3-4-5-6-15-7-8-16-10(13,14)9(11)12/h9H,2-8H2,1H3. The highest BCUT2D eigenvalue weighted by molar-refractivity contribution is 6.20. The van der Waals surface area contributed by atoms with Crippen molar-refractivity contribution in [3.05, 3.63) is 0 Å². The second kappa shape index (κ2) is 9.07. The fraction of sp³-hybridized carbons (Fsp3) is 1.00. The quantitative estimate of drug-likeness (QED) is 0.441. The average Bonchev–Trinajstić information content (AvgIpc) is 2.21. The van der Waals surface area contributed by atoms with Gasteiger partial charge in [-0.25, -0.2) is 4.39 Å². The molecule has 98 valence electrons. The minimum absolute atomic E-state index is 0.0192. The minimum Gasteiger partial charge on any atom is -0.379 e. The number of hydrogen-bond acceptors (Lipinski definition) is 2. The van der Waals surface area contributed by atoms with E-state index in [-0.39, 0.29) is 13.2 Å². The third-order valence-electron chi connectivity index (χ3n) is 1.92. The molecule has 6 heteroatoms. The first kappa shape index (κ1) is 16.0. The maximum atomic E-state index is 12.4. The maximum Gasteiger partial charge on any atom is 0.401 e. The van der Waals surface area contributed by atoms with Gasteiger partial charge in [-0.3, -0.25) is 0 Å². The molecule has 0 aromatic rings.